The van der Waals surface area contributed by atoms with Crippen LogP contribution in [0.3, 0.4) is 0 Å². The fourth-order valence-corrected chi connectivity index (χ4v) is 2.68. The minimum absolute atomic E-state index is 0.0828. The van der Waals surface area contributed by atoms with E-state index in [0.717, 1.165) is 11.1 Å². The number of hydrogen-bond acceptors (Lipinski definition) is 2. The highest BCUT2D eigenvalue weighted by Gasteiger charge is 2.09. The predicted molar refractivity (Wildman–Crippen MR) is 89.5 cm³/mol. The van der Waals surface area contributed by atoms with Gasteiger partial charge in [0.2, 0.25) is 0 Å². The van der Waals surface area contributed by atoms with Crippen LogP contribution in [0.4, 0.5) is 4.39 Å². The maximum atomic E-state index is 13.5. The number of aryl methyl sites for hydroxylation is 2. The van der Waals surface area contributed by atoms with Crippen molar-refractivity contribution in [3.63, 3.8) is 0 Å². The molecule has 0 radical (unpaired) electrons. The second-order valence-electron chi connectivity index (χ2n) is 5.35. The van der Waals surface area contributed by atoms with Crippen LogP contribution in [0.25, 0.3) is 0 Å². The lowest BCUT2D eigenvalue weighted by atomic mass is 10.1. The lowest BCUT2D eigenvalue weighted by Gasteiger charge is -2.12. The van der Waals surface area contributed by atoms with E-state index in [2.05, 4.69) is 5.32 Å². The second kappa shape index (κ2) is 7.97. The van der Waals surface area contributed by atoms with Gasteiger partial charge in [0.05, 0.1) is 0 Å². The summed E-state index contributed by atoms with van der Waals surface area (Å²) in [5, 5.41) is 3.36. The third kappa shape index (κ3) is 4.96. The molecule has 5 heteroatoms. The first-order valence-corrected chi connectivity index (χ1v) is 7.75. The Morgan fingerprint density at radius 2 is 1.87 bits per heavy atom. The van der Waals surface area contributed by atoms with Crippen molar-refractivity contribution in [2.75, 3.05) is 13.2 Å². The van der Waals surface area contributed by atoms with Crippen molar-refractivity contribution in [1.82, 2.24) is 5.32 Å². The van der Waals surface area contributed by atoms with Crippen molar-refractivity contribution in [1.29, 1.82) is 0 Å². The molecule has 1 amide bonds. The van der Waals surface area contributed by atoms with E-state index in [4.69, 9.17) is 16.3 Å². The Hall–Kier alpha value is -2.07. The summed E-state index contributed by atoms with van der Waals surface area (Å²) in [6.07, 6.45) is 0.442. The zero-order valence-electron chi connectivity index (χ0n) is 13.2. The summed E-state index contributed by atoms with van der Waals surface area (Å²) >= 11 is 5.96. The number of carbonyl (C=O) groups excluding carboxylic acids is 1. The summed E-state index contributed by atoms with van der Waals surface area (Å²) in [7, 11) is 0. The Balaban J connectivity index is 1.81. The maximum absolute atomic E-state index is 13.5. The Labute approximate surface area is 140 Å². The van der Waals surface area contributed by atoms with Gasteiger partial charge < -0.3 is 10.1 Å². The molecular weight excluding hydrogens is 317 g/mol. The summed E-state index contributed by atoms with van der Waals surface area (Å²) in [5.41, 5.74) is 2.35. The fourth-order valence-electron chi connectivity index (χ4n) is 2.35. The summed E-state index contributed by atoms with van der Waals surface area (Å²) in [6.45, 7) is 4.04. The van der Waals surface area contributed by atoms with Crippen molar-refractivity contribution in [2.24, 2.45) is 0 Å². The van der Waals surface area contributed by atoms with Crippen molar-refractivity contribution in [3.8, 4) is 5.75 Å². The van der Waals surface area contributed by atoms with Crippen LogP contribution in [0, 0.1) is 19.7 Å². The SMILES string of the molecule is Cc1cc(Cl)cc(C)c1OCC(=O)NCCc1ccccc1F. The standard InChI is InChI=1S/C18H19ClFNO2/c1-12-9-15(19)10-13(2)18(12)23-11-17(22)21-8-7-14-5-3-4-6-16(14)20/h3-6,9-10H,7-8,11H2,1-2H3,(H,21,22). The van der Waals surface area contributed by atoms with E-state index in [-0.39, 0.29) is 18.3 Å². The van der Waals surface area contributed by atoms with Crippen molar-refractivity contribution in [3.05, 3.63) is 63.9 Å². The highest BCUT2D eigenvalue weighted by atomic mass is 35.5. The lowest BCUT2D eigenvalue weighted by Crippen LogP contribution is -2.30. The van der Waals surface area contributed by atoms with Crippen LogP contribution in [0.5, 0.6) is 5.75 Å². The van der Waals surface area contributed by atoms with Gasteiger partial charge in [0.1, 0.15) is 11.6 Å². The zero-order chi connectivity index (χ0) is 16.8. The Morgan fingerprint density at radius 1 is 1.22 bits per heavy atom. The number of halogens is 2. The van der Waals surface area contributed by atoms with Crippen LogP contribution in [-0.2, 0) is 11.2 Å². The van der Waals surface area contributed by atoms with E-state index in [0.29, 0.717) is 29.3 Å². The van der Waals surface area contributed by atoms with Gasteiger partial charge in [-0.3, -0.25) is 4.79 Å². The van der Waals surface area contributed by atoms with Crippen molar-refractivity contribution in [2.45, 2.75) is 20.3 Å². The Morgan fingerprint density at radius 3 is 2.52 bits per heavy atom. The van der Waals surface area contributed by atoms with Gasteiger partial charge in [-0.25, -0.2) is 4.39 Å². The topological polar surface area (TPSA) is 38.3 Å². The second-order valence-corrected chi connectivity index (χ2v) is 5.79. The number of nitrogens with one attached hydrogen (secondary N) is 1. The highest BCUT2D eigenvalue weighted by Crippen LogP contribution is 2.26. The van der Waals surface area contributed by atoms with Crippen LogP contribution in [0.2, 0.25) is 5.02 Å². The molecule has 2 rings (SSSR count). The predicted octanol–water partition coefficient (Wildman–Crippen LogP) is 3.83. The van der Waals surface area contributed by atoms with Crippen molar-refractivity contribution >= 4 is 17.5 Å². The first-order chi connectivity index (χ1) is 11.0. The number of carbonyl (C=O) groups is 1. The molecule has 0 atom stereocenters. The van der Waals surface area contributed by atoms with E-state index in [1.807, 2.05) is 13.8 Å². The summed E-state index contributed by atoms with van der Waals surface area (Å²) in [6, 6.07) is 10.1. The molecule has 2 aromatic carbocycles. The molecule has 2 aromatic rings. The monoisotopic (exact) mass is 335 g/mol. The molecule has 0 unspecified atom stereocenters. The number of amides is 1. The van der Waals surface area contributed by atoms with Crippen LogP contribution < -0.4 is 10.1 Å². The molecule has 1 N–H and O–H groups in total. The van der Waals surface area contributed by atoms with E-state index in [9.17, 15) is 9.18 Å². The molecule has 0 saturated carbocycles. The molecular formula is C18H19ClFNO2. The van der Waals surface area contributed by atoms with E-state index >= 15 is 0 Å². The van der Waals surface area contributed by atoms with E-state index in [1.54, 1.807) is 30.3 Å². The highest BCUT2D eigenvalue weighted by molar-refractivity contribution is 6.30. The minimum Gasteiger partial charge on any atom is -0.483 e. The third-order valence-corrected chi connectivity index (χ3v) is 3.67. The molecule has 3 nitrogen and oxygen atoms in total. The van der Waals surface area contributed by atoms with Crippen LogP contribution >= 0.6 is 11.6 Å². The van der Waals surface area contributed by atoms with Crippen LogP contribution in [0.15, 0.2) is 36.4 Å². The molecule has 0 bridgehead atoms. The van der Waals surface area contributed by atoms with E-state index < -0.39 is 0 Å². The maximum Gasteiger partial charge on any atom is 0.257 e. The third-order valence-electron chi connectivity index (χ3n) is 3.45. The van der Waals surface area contributed by atoms with Crippen molar-refractivity contribution < 1.29 is 13.9 Å². The first-order valence-electron chi connectivity index (χ1n) is 7.37. The smallest absolute Gasteiger partial charge is 0.257 e. The number of benzene rings is 2. The van der Waals surface area contributed by atoms with Gasteiger partial charge in [-0.2, -0.15) is 0 Å². The molecule has 0 fully saturated rings. The average molecular weight is 336 g/mol. The molecule has 0 aliphatic carbocycles. The molecule has 0 aromatic heterocycles. The van der Waals surface area contributed by atoms with E-state index in [1.165, 1.54) is 6.07 Å². The van der Waals surface area contributed by atoms with Gasteiger partial charge in [0.15, 0.2) is 6.61 Å². The van der Waals surface area contributed by atoms with Gasteiger partial charge in [0, 0.05) is 11.6 Å². The average Bonchev–Trinajstić information content (AvgIpc) is 2.48. The van der Waals surface area contributed by atoms with Gasteiger partial charge in [0.25, 0.3) is 5.91 Å². The Kier molecular flexibility index (Phi) is 5.99. The van der Waals surface area contributed by atoms with Crippen LogP contribution in [0.1, 0.15) is 16.7 Å². The molecule has 0 spiro atoms. The van der Waals surface area contributed by atoms with Crippen LogP contribution in [-0.4, -0.2) is 19.1 Å². The molecule has 0 aliphatic heterocycles. The minimum atomic E-state index is -0.259. The summed E-state index contributed by atoms with van der Waals surface area (Å²) in [5.74, 6) is 0.166. The molecule has 122 valence electrons. The van der Waals surface area contributed by atoms with Gasteiger partial charge in [-0.1, -0.05) is 29.8 Å². The lowest BCUT2D eigenvalue weighted by molar-refractivity contribution is -0.123. The molecule has 23 heavy (non-hydrogen) atoms. The van der Waals surface area contributed by atoms with Gasteiger partial charge in [-0.05, 0) is 55.2 Å². The molecule has 0 saturated heterocycles. The fraction of sp³-hybridized carbons (Fsp3) is 0.278. The number of rotatable bonds is 6. The largest absolute Gasteiger partial charge is 0.483 e. The van der Waals surface area contributed by atoms with Gasteiger partial charge >= 0.3 is 0 Å². The molecule has 0 heterocycles. The normalized spacial score (nSPS) is 10.4. The summed E-state index contributed by atoms with van der Waals surface area (Å²) < 4.78 is 19.0. The number of hydrogen-bond donors (Lipinski definition) is 1. The first kappa shape index (κ1) is 17.3. The zero-order valence-corrected chi connectivity index (χ0v) is 13.9. The Bertz CT molecular complexity index is 680. The number of ether oxygens (including phenoxy) is 1. The quantitative estimate of drug-likeness (QED) is 0.871. The van der Waals surface area contributed by atoms with Gasteiger partial charge in [-0.15, -0.1) is 0 Å². The molecule has 0 aliphatic rings. The summed E-state index contributed by atoms with van der Waals surface area (Å²) in [4.78, 5) is 11.8.